The third kappa shape index (κ3) is 3.06. The van der Waals surface area contributed by atoms with E-state index in [4.69, 9.17) is 4.74 Å². The summed E-state index contributed by atoms with van der Waals surface area (Å²) in [6.45, 7) is 4.20. The van der Waals surface area contributed by atoms with Crippen LogP contribution in [0, 0.1) is 0 Å². The summed E-state index contributed by atoms with van der Waals surface area (Å²) in [5.41, 5.74) is 1.74. The van der Waals surface area contributed by atoms with Gasteiger partial charge in [-0.1, -0.05) is 37.3 Å². The molecule has 1 aliphatic heterocycles. The highest BCUT2D eigenvalue weighted by atomic mass is 32.2. The van der Waals surface area contributed by atoms with Crippen LogP contribution in [0.2, 0.25) is 0 Å². The van der Waals surface area contributed by atoms with Crippen molar-refractivity contribution in [3.05, 3.63) is 53.6 Å². The van der Waals surface area contributed by atoms with E-state index < -0.39 is 10.8 Å². The van der Waals surface area contributed by atoms with E-state index in [1.165, 1.54) is 7.11 Å². The number of phenolic OH excluding ortho intramolecular Hbond substituents is 1. The molecule has 0 spiro atoms. The minimum absolute atomic E-state index is 0.0245. The van der Waals surface area contributed by atoms with Crippen LogP contribution in [0.25, 0.3) is 0 Å². The number of benzene rings is 2. The zero-order chi connectivity index (χ0) is 17.3. The Labute approximate surface area is 145 Å². The molecule has 0 amide bonds. The number of nitrogens with one attached hydrogen (secondary N) is 1. The van der Waals surface area contributed by atoms with Crippen molar-refractivity contribution in [3.8, 4) is 11.5 Å². The molecule has 4 nitrogen and oxygen atoms in total. The van der Waals surface area contributed by atoms with Crippen molar-refractivity contribution in [3.63, 3.8) is 0 Å². The first-order valence-corrected chi connectivity index (χ1v) is 9.41. The normalized spacial score (nSPS) is 26.5. The van der Waals surface area contributed by atoms with Crippen molar-refractivity contribution < 1.29 is 14.1 Å². The van der Waals surface area contributed by atoms with Crippen molar-refractivity contribution >= 4 is 10.8 Å². The maximum absolute atomic E-state index is 12.9. The summed E-state index contributed by atoms with van der Waals surface area (Å²) in [5, 5.41) is 13.8. The molecule has 24 heavy (non-hydrogen) atoms. The molecular weight excluding hydrogens is 322 g/mol. The Bertz CT molecular complexity index is 763. The number of fused-ring (bicyclic) bond motifs is 1. The number of hydrogen-bond donors (Lipinski definition) is 2. The molecule has 0 saturated heterocycles. The number of phenols is 1. The van der Waals surface area contributed by atoms with Crippen LogP contribution in [0.5, 0.6) is 11.5 Å². The van der Waals surface area contributed by atoms with E-state index in [9.17, 15) is 9.32 Å². The SMILES string of the molecule is CC[C@@]1(C)C[S@](=O)c2cc(O)c(OC)cc2[C@@H](c2ccccc2)N1. The highest BCUT2D eigenvalue weighted by Crippen LogP contribution is 2.40. The summed E-state index contributed by atoms with van der Waals surface area (Å²) in [5.74, 6) is 0.927. The van der Waals surface area contributed by atoms with Crippen molar-refractivity contribution in [1.29, 1.82) is 0 Å². The van der Waals surface area contributed by atoms with Crippen molar-refractivity contribution in [2.75, 3.05) is 12.9 Å². The van der Waals surface area contributed by atoms with Crippen molar-refractivity contribution in [2.24, 2.45) is 0 Å². The third-order valence-corrected chi connectivity index (χ3v) is 6.47. The lowest BCUT2D eigenvalue weighted by molar-refractivity contribution is 0.351. The van der Waals surface area contributed by atoms with E-state index >= 15 is 0 Å². The van der Waals surface area contributed by atoms with E-state index in [0.717, 1.165) is 17.5 Å². The van der Waals surface area contributed by atoms with E-state index in [0.29, 0.717) is 16.4 Å². The second kappa shape index (κ2) is 6.57. The molecule has 0 aromatic heterocycles. The summed E-state index contributed by atoms with van der Waals surface area (Å²) in [7, 11) is 0.329. The molecule has 1 heterocycles. The predicted molar refractivity (Wildman–Crippen MR) is 96.1 cm³/mol. The summed E-state index contributed by atoms with van der Waals surface area (Å²) >= 11 is 0. The minimum atomic E-state index is -1.19. The van der Waals surface area contributed by atoms with Crippen molar-refractivity contribution in [2.45, 2.75) is 36.7 Å². The van der Waals surface area contributed by atoms with Crippen LogP contribution in [0.15, 0.2) is 47.4 Å². The molecule has 3 rings (SSSR count). The summed E-state index contributed by atoms with van der Waals surface area (Å²) in [6.07, 6.45) is 0.860. The van der Waals surface area contributed by atoms with Gasteiger partial charge in [0.1, 0.15) is 0 Å². The monoisotopic (exact) mass is 345 g/mol. The maximum atomic E-state index is 12.9. The molecule has 0 saturated carbocycles. The zero-order valence-electron chi connectivity index (χ0n) is 14.2. The number of ether oxygens (including phenoxy) is 1. The van der Waals surface area contributed by atoms with Crippen LogP contribution < -0.4 is 10.1 Å². The van der Waals surface area contributed by atoms with Gasteiger partial charge in [-0.3, -0.25) is 9.53 Å². The van der Waals surface area contributed by atoms with Crippen LogP contribution in [-0.2, 0) is 10.8 Å². The van der Waals surface area contributed by atoms with Gasteiger partial charge < -0.3 is 9.84 Å². The molecule has 128 valence electrons. The van der Waals surface area contributed by atoms with E-state index in [2.05, 4.69) is 31.3 Å². The molecule has 3 atom stereocenters. The lowest BCUT2D eigenvalue weighted by atomic mass is 9.93. The molecule has 2 aromatic rings. The van der Waals surface area contributed by atoms with Gasteiger partial charge in [0.05, 0.1) is 24.0 Å². The Hall–Kier alpha value is -1.85. The van der Waals surface area contributed by atoms with Crippen LogP contribution >= 0.6 is 0 Å². The highest BCUT2D eigenvalue weighted by Gasteiger charge is 2.36. The summed E-state index contributed by atoms with van der Waals surface area (Å²) in [4.78, 5) is 0.673. The Morgan fingerprint density at radius 2 is 2.04 bits per heavy atom. The third-order valence-electron chi connectivity index (χ3n) is 4.72. The minimum Gasteiger partial charge on any atom is -0.504 e. The first-order valence-electron chi connectivity index (χ1n) is 8.09. The fourth-order valence-electron chi connectivity index (χ4n) is 3.10. The molecular formula is C19H23NO3S. The van der Waals surface area contributed by atoms with Gasteiger partial charge in [-0.05, 0) is 30.5 Å². The first-order chi connectivity index (χ1) is 11.5. The Kier molecular flexibility index (Phi) is 4.65. The van der Waals surface area contributed by atoms with Gasteiger partial charge in [0.15, 0.2) is 11.5 Å². The lowest BCUT2D eigenvalue weighted by Gasteiger charge is -2.32. The maximum Gasteiger partial charge on any atom is 0.160 e. The van der Waals surface area contributed by atoms with Gasteiger partial charge >= 0.3 is 0 Å². The Morgan fingerprint density at radius 1 is 1.33 bits per heavy atom. The van der Waals surface area contributed by atoms with Gasteiger partial charge in [-0.2, -0.15) is 0 Å². The van der Waals surface area contributed by atoms with Gasteiger partial charge in [-0.25, -0.2) is 0 Å². The van der Waals surface area contributed by atoms with Gasteiger partial charge in [0.2, 0.25) is 0 Å². The molecule has 1 aliphatic rings. The summed E-state index contributed by atoms with van der Waals surface area (Å²) < 4.78 is 18.2. The Morgan fingerprint density at radius 3 is 2.67 bits per heavy atom. The molecule has 0 aliphatic carbocycles. The fraction of sp³-hybridized carbons (Fsp3) is 0.368. The fourth-order valence-corrected chi connectivity index (χ4v) is 4.80. The number of rotatable bonds is 3. The van der Waals surface area contributed by atoms with Crippen LogP contribution in [0.3, 0.4) is 0 Å². The van der Waals surface area contributed by atoms with Crippen molar-refractivity contribution in [1.82, 2.24) is 5.32 Å². The Balaban J connectivity index is 2.22. The highest BCUT2D eigenvalue weighted by molar-refractivity contribution is 7.85. The van der Waals surface area contributed by atoms with Gasteiger partial charge in [0, 0.05) is 22.3 Å². The second-order valence-electron chi connectivity index (χ2n) is 6.45. The largest absolute Gasteiger partial charge is 0.504 e. The number of aromatic hydroxyl groups is 1. The molecule has 2 aromatic carbocycles. The van der Waals surface area contributed by atoms with Gasteiger partial charge in [0.25, 0.3) is 0 Å². The molecule has 0 bridgehead atoms. The van der Waals surface area contributed by atoms with Crippen LogP contribution in [0.1, 0.15) is 37.4 Å². The molecule has 0 fully saturated rings. The standard InChI is InChI=1S/C19H23NO3S/c1-4-19(2)12-24(22)17-11-15(21)16(23-3)10-14(17)18(20-19)13-8-6-5-7-9-13/h5-11,18,20-21H,4,12H2,1-3H3/t18-,19+,24+/m1/s1. The zero-order valence-corrected chi connectivity index (χ0v) is 15.0. The smallest absolute Gasteiger partial charge is 0.160 e. The predicted octanol–water partition coefficient (Wildman–Crippen LogP) is 3.37. The van der Waals surface area contributed by atoms with E-state index in [1.807, 2.05) is 18.2 Å². The van der Waals surface area contributed by atoms with E-state index in [-0.39, 0.29) is 17.3 Å². The second-order valence-corrected chi connectivity index (χ2v) is 7.87. The molecule has 0 radical (unpaired) electrons. The topological polar surface area (TPSA) is 58.6 Å². The first kappa shape index (κ1) is 17.0. The quantitative estimate of drug-likeness (QED) is 0.895. The lowest BCUT2D eigenvalue weighted by Crippen LogP contribution is -2.46. The molecule has 2 N–H and O–H groups in total. The van der Waals surface area contributed by atoms with Gasteiger partial charge in [-0.15, -0.1) is 0 Å². The average molecular weight is 345 g/mol. The van der Waals surface area contributed by atoms with E-state index in [1.54, 1.807) is 12.1 Å². The summed E-state index contributed by atoms with van der Waals surface area (Å²) in [6, 6.07) is 13.4. The number of methoxy groups -OCH3 is 1. The number of hydrogen-bond acceptors (Lipinski definition) is 4. The molecule has 5 heteroatoms. The average Bonchev–Trinajstić information content (AvgIpc) is 2.70. The van der Waals surface area contributed by atoms with Crippen LogP contribution in [-0.4, -0.2) is 27.7 Å². The molecule has 0 unspecified atom stereocenters. The van der Waals surface area contributed by atoms with Crippen LogP contribution in [0.4, 0.5) is 0 Å².